The molecule has 0 spiro atoms. The molecule has 0 saturated heterocycles. The molecule has 2 aromatic heterocycles. The summed E-state index contributed by atoms with van der Waals surface area (Å²) < 4.78 is 1.75. The molecule has 4 heteroatoms. The Balaban J connectivity index is 2.73. The highest BCUT2D eigenvalue weighted by molar-refractivity contribution is 5.72. The lowest BCUT2D eigenvalue weighted by Gasteiger charge is -2.13. The minimum absolute atomic E-state index is 0.115. The van der Waals surface area contributed by atoms with Crippen molar-refractivity contribution in [2.75, 3.05) is 0 Å². The van der Waals surface area contributed by atoms with Crippen LogP contribution in [0, 0.1) is 12.3 Å². The van der Waals surface area contributed by atoms with Gasteiger partial charge in [0, 0.05) is 17.8 Å². The van der Waals surface area contributed by atoms with E-state index in [-0.39, 0.29) is 11.7 Å². The number of nitrogens with zero attached hydrogens (tertiary/aromatic N) is 2. The van der Waals surface area contributed by atoms with Crippen LogP contribution in [0.5, 0.6) is 0 Å². The van der Waals surface area contributed by atoms with Gasteiger partial charge in [-0.2, -0.15) is 0 Å². The standard InChI is InChI=1S/C13H15N3O/c1-4-9-7-11-12(14-8-9)15-13(17)16(11)10(5-2)6-3/h1,7-8,10H,5-6H2,2-3H3,(H,14,15,17). The molecule has 0 aromatic carbocycles. The Morgan fingerprint density at radius 1 is 1.53 bits per heavy atom. The summed E-state index contributed by atoms with van der Waals surface area (Å²) >= 11 is 0. The van der Waals surface area contributed by atoms with Crippen molar-refractivity contribution in [3.05, 3.63) is 28.3 Å². The fourth-order valence-electron chi connectivity index (χ4n) is 2.10. The largest absolute Gasteiger partial charge is 0.327 e. The molecular weight excluding hydrogens is 214 g/mol. The van der Waals surface area contributed by atoms with Crippen molar-refractivity contribution in [2.24, 2.45) is 0 Å². The lowest BCUT2D eigenvalue weighted by atomic mass is 10.1. The quantitative estimate of drug-likeness (QED) is 0.819. The van der Waals surface area contributed by atoms with Crippen LogP contribution in [0.1, 0.15) is 38.3 Å². The molecule has 0 bridgehead atoms. The first-order valence-electron chi connectivity index (χ1n) is 5.78. The molecule has 0 saturated carbocycles. The summed E-state index contributed by atoms with van der Waals surface area (Å²) in [5.74, 6) is 2.54. The zero-order valence-electron chi connectivity index (χ0n) is 10.0. The second-order valence-electron chi connectivity index (χ2n) is 4.01. The third-order valence-electron chi connectivity index (χ3n) is 3.05. The number of hydrogen-bond acceptors (Lipinski definition) is 2. The summed E-state index contributed by atoms with van der Waals surface area (Å²) in [6.45, 7) is 4.13. The van der Waals surface area contributed by atoms with Crippen LogP contribution in [0.15, 0.2) is 17.1 Å². The number of terminal acetylenes is 1. The summed E-state index contributed by atoms with van der Waals surface area (Å²) in [7, 11) is 0. The fourth-order valence-corrected chi connectivity index (χ4v) is 2.10. The number of pyridine rings is 1. The number of nitrogens with one attached hydrogen (secondary N) is 1. The summed E-state index contributed by atoms with van der Waals surface area (Å²) in [6.07, 6.45) is 8.76. The van der Waals surface area contributed by atoms with Crippen LogP contribution in [0.25, 0.3) is 11.2 Å². The van der Waals surface area contributed by atoms with Crippen LogP contribution in [0.3, 0.4) is 0 Å². The molecule has 0 aliphatic rings. The van der Waals surface area contributed by atoms with E-state index in [0.717, 1.165) is 18.4 Å². The molecule has 1 N–H and O–H groups in total. The zero-order chi connectivity index (χ0) is 12.4. The van der Waals surface area contributed by atoms with Crippen LogP contribution in [0.4, 0.5) is 0 Å². The first-order valence-corrected chi connectivity index (χ1v) is 5.78. The highest BCUT2D eigenvalue weighted by Crippen LogP contribution is 2.19. The first kappa shape index (κ1) is 11.5. The van der Waals surface area contributed by atoms with Crippen LogP contribution in [0.2, 0.25) is 0 Å². The third-order valence-corrected chi connectivity index (χ3v) is 3.05. The molecule has 0 unspecified atom stereocenters. The van der Waals surface area contributed by atoms with Crippen LogP contribution < -0.4 is 5.69 Å². The van der Waals surface area contributed by atoms with E-state index in [2.05, 4.69) is 29.7 Å². The van der Waals surface area contributed by atoms with Gasteiger partial charge in [0.1, 0.15) is 0 Å². The lowest BCUT2D eigenvalue weighted by Crippen LogP contribution is -2.21. The normalized spacial score (nSPS) is 10.9. The first-order chi connectivity index (χ1) is 8.21. The number of rotatable bonds is 3. The molecule has 0 radical (unpaired) electrons. The molecule has 2 rings (SSSR count). The Kier molecular flexibility index (Phi) is 3.01. The van der Waals surface area contributed by atoms with Crippen molar-refractivity contribution in [3.8, 4) is 12.3 Å². The second kappa shape index (κ2) is 4.46. The van der Waals surface area contributed by atoms with Gasteiger partial charge in [0.15, 0.2) is 5.65 Å². The van der Waals surface area contributed by atoms with Gasteiger partial charge in [-0.05, 0) is 18.9 Å². The van der Waals surface area contributed by atoms with Gasteiger partial charge in [0.05, 0.1) is 5.52 Å². The number of aromatic nitrogens is 3. The predicted octanol–water partition coefficient (Wildman–Crippen LogP) is 2.07. The van der Waals surface area contributed by atoms with E-state index in [1.807, 2.05) is 6.07 Å². The Hall–Kier alpha value is -2.02. The second-order valence-corrected chi connectivity index (χ2v) is 4.01. The smallest absolute Gasteiger partial charge is 0.290 e. The fraction of sp³-hybridized carbons (Fsp3) is 0.385. The van der Waals surface area contributed by atoms with Crippen molar-refractivity contribution in [1.29, 1.82) is 0 Å². The lowest BCUT2D eigenvalue weighted by molar-refractivity contribution is 0.471. The van der Waals surface area contributed by atoms with Crippen molar-refractivity contribution in [3.63, 3.8) is 0 Å². The molecule has 2 heterocycles. The van der Waals surface area contributed by atoms with E-state index in [4.69, 9.17) is 6.42 Å². The Morgan fingerprint density at radius 3 is 2.82 bits per heavy atom. The molecule has 17 heavy (non-hydrogen) atoms. The van der Waals surface area contributed by atoms with Crippen molar-refractivity contribution < 1.29 is 0 Å². The number of aromatic amines is 1. The van der Waals surface area contributed by atoms with Crippen LogP contribution in [-0.4, -0.2) is 14.5 Å². The van der Waals surface area contributed by atoms with Gasteiger partial charge in [-0.15, -0.1) is 6.42 Å². The van der Waals surface area contributed by atoms with E-state index in [1.165, 1.54) is 0 Å². The molecular formula is C13H15N3O. The van der Waals surface area contributed by atoms with E-state index in [0.29, 0.717) is 11.2 Å². The predicted molar refractivity (Wildman–Crippen MR) is 67.9 cm³/mol. The topological polar surface area (TPSA) is 50.7 Å². The van der Waals surface area contributed by atoms with Gasteiger partial charge in [0.25, 0.3) is 0 Å². The number of imidazole rings is 1. The van der Waals surface area contributed by atoms with Gasteiger partial charge < -0.3 is 0 Å². The molecule has 88 valence electrons. The highest BCUT2D eigenvalue weighted by Gasteiger charge is 2.14. The number of H-pyrrole nitrogens is 1. The summed E-state index contributed by atoms with van der Waals surface area (Å²) in [5.41, 5.74) is 1.96. The molecule has 0 atom stereocenters. The maximum Gasteiger partial charge on any atom is 0.327 e. The third kappa shape index (κ3) is 1.84. The van der Waals surface area contributed by atoms with E-state index in [9.17, 15) is 4.79 Å². The summed E-state index contributed by atoms with van der Waals surface area (Å²) in [6, 6.07) is 2.02. The molecule has 0 fully saturated rings. The SMILES string of the molecule is C#Cc1cnc2[nH]c(=O)n(C(CC)CC)c2c1. The highest BCUT2D eigenvalue weighted by atomic mass is 16.1. The molecule has 4 nitrogen and oxygen atoms in total. The summed E-state index contributed by atoms with van der Waals surface area (Å²) in [5, 5.41) is 0. The van der Waals surface area contributed by atoms with E-state index < -0.39 is 0 Å². The molecule has 0 amide bonds. The van der Waals surface area contributed by atoms with Crippen LogP contribution >= 0.6 is 0 Å². The Morgan fingerprint density at radius 2 is 2.24 bits per heavy atom. The zero-order valence-corrected chi connectivity index (χ0v) is 10.0. The van der Waals surface area contributed by atoms with Crippen molar-refractivity contribution in [1.82, 2.24) is 14.5 Å². The van der Waals surface area contributed by atoms with Gasteiger partial charge in [-0.25, -0.2) is 9.78 Å². The average Bonchev–Trinajstić information content (AvgIpc) is 2.67. The molecule has 2 aromatic rings. The minimum atomic E-state index is -0.115. The number of hydrogen-bond donors (Lipinski definition) is 1. The van der Waals surface area contributed by atoms with Crippen molar-refractivity contribution >= 4 is 11.2 Å². The monoisotopic (exact) mass is 229 g/mol. The minimum Gasteiger partial charge on any atom is -0.290 e. The Labute approximate surface area is 99.7 Å². The van der Waals surface area contributed by atoms with Crippen LogP contribution in [-0.2, 0) is 0 Å². The van der Waals surface area contributed by atoms with E-state index >= 15 is 0 Å². The van der Waals surface area contributed by atoms with E-state index in [1.54, 1.807) is 10.8 Å². The molecule has 0 aliphatic carbocycles. The van der Waals surface area contributed by atoms with Gasteiger partial charge in [-0.3, -0.25) is 9.55 Å². The van der Waals surface area contributed by atoms with Gasteiger partial charge in [-0.1, -0.05) is 19.8 Å². The average molecular weight is 229 g/mol. The molecule has 0 aliphatic heterocycles. The maximum absolute atomic E-state index is 11.9. The van der Waals surface area contributed by atoms with Gasteiger partial charge in [0.2, 0.25) is 0 Å². The maximum atomic E-state index is 11.9. The van der Waals surface area contributed by atoms with Gasteiger partial charge >= 0.3 is 5.69 Å². The number of fused-ring (bicyclic) bond motifs is 1. The summed E-state index contributed by atoms with van der Waals surface area (Å²) in [4.78, 5) is 18.8. The Bertz CT molecular complexity index is 626. The van der Waals surface area contributed by atoms with Crippen molar-refractivity contribution in [2.45, 2.75) is 32.7 Å².